The number of amides is 1. The van der Waals surface area contributed by atoms with Crippen LogP contribution in [-0.2, 0) is 0 Å². The van der Waals surface area contributed by atoms with E-state index in [-0.39, 0.29) is 5.91 Å². The predicted molar refractivity (Wildman–Crippen MR) is 47.9 cm³/mol. The van der Waals surface area contributed by atoms with Crippen molar-refractivity contribution in [3.05, 3.63) is 36.1 Å². The molecule has 0 aliphatic carbocycles. The third-order valence-electron chi connectivity index (χ3n) is 1.85. The first-order valence-electron chi connectivity index (χ1n) is 3.79. The molecule has 0 aliphatic rings. The van der Waals surface area contributed by atoms with E-state index >= 15 is 0 Å². The highest BCUT2D eigenvalue weighted by Crippen LogP contribution is 2.16. The fraction of sp³-hybridized carbons (Fsp3) is 0. The highest BCUT2D eigenvalue weighted by molar-refractivity contribution is 5.97. The summed E-state index contributed by atoms with van der Waals surface area (Å²) in [5.74, 6) is 4.67. The van der Waals surface area contributed by atoms with E-state index in [1.54, 1.807) is 18.4 Å². The average Bonchev–Trinajstić information content (AvgIpc) is 2.63. The van der Waals surface area contributed by atoms with E-state index in [9.17, 15) is 4.79 Å². The lowest BCUT2D eigenvalue weighted by atomic mass is 10.1. The molecule has 4 nitrogen and oxygen atoms in total. The summed E-state index contributed by atoms with van der Waals surface area (Å²) in [7, 11) is 0. The second-order valence-electron chi connectivity index (χ2n) is 2.65. The Morgan fingerprint density at radius 3 is 3.00 bits per heavy atom. The van der Waals surface area contributed by atoms with Crippen LogP contribution in [0.5, 0.6) is 0 Å². The summed E-state index contributed by atoms with van der Waals surface area (Å²) in [6.45, 7) is 0. The van der Waals surface area contributed by atoms with Crippen molar-refractivity contribution in [2.75, 3.05) is 0 Å². The second kappa shape index (κ2) is 2.91. The summed E-state index contributed by atoms with van der Waals surface area (Å²) in [4.78, 5) is 11.1. The van der Waals surface area contributed by atoms with Gasteiger partial charge in [-0.3, -0.25) is 10.2 Å². The van der Waals surface area contributed by atoms with Crippen LogP contribution in [-0.4, -0.2) is 5.91 Å². The number of hydrogen-bond acceptors (Lipinski definition) is 3. The zero-order valence-corrected chi connectivity index (χ0v) is 6.78. The monoisotopic (exact) mass is 176 g/mol. The van der Waals surface area contributed by atoms with Crippen molar-refractivity contribution in [1.82, 2.24) is 5.43 Å². The number of nitrogens with one attached hydrogen (secondary N) is 1. The van der Waals surface area contributed by atoms with Gasteiger partial charge in [-0.2, -0.15) is 0 Å². The van der Waals surface area contributed by atoms with Crippen molar-refractivity contribution < 1.29 is 9.21 Å². The molecule has 1 aromatic heterocycles. The van der Waals surface area contributed by atoms with E-state index in [1.807, 2.05) is 12.1 Å². The van der Waals surface area contributed by atoms with E-state index in [0.717, 1.165) is 5.39 Å². The van der Waals surface area contributed by atoms with Crippen LogP contribution in [0.25, 0.3) is 11.0 Å². The number of carbonyl (C=O) groups is 1. The molecule has 66 valence electrons. The molecule has 0 saturated carbocycles. The zero-order chi connectivity index (χ0) is 9.26. The van der Waals surface area contributed by atoms with Crippen LogP contribution in [0.4, 0.5) is 0 Å². The summed E-state index contributed by atoms with van der Waals surface area (Å²) in [5.41, 5.74) is 3.23. The summed E-state index contributed by atoms with van der Waals surface area (Å²) in [6.07, 6.45) is 1.58. The predicted octanol–water partition coefficient (Wildman–Crippen LogP) is 1.04. The van der Waals surface area contributed by atoms with Crippen molar-refractivity contribution in [3.8, 4) is 0 Å². The Morgan fingerprint density at radius 1 is 1.38 bits per heavy atom. The molecule has 1 aromatic carbocycles. The van der Waals surface area contributed by atoms with Crippen LogP contribution in [0.15, 0.2) is 34.9 Å². The second-order valence-corrected chi connectivity index (χ2v) is 2.65. The minimum Gasteiger partial charge on any atom is -0.464 e. The van der Waals surface area contributed by atoms with Crippen LogP contribution in [0.1, 0.15) is 10.4 Å². The fourth-order valence-corrected chi connectivity index (χ4v) is 1.18. The van der Waals surface area contributed by atoms with E-state index in [4.69, 9.17) is 10.3 Å². The van der Waals surface area contributed by atoms with Gasteiger partial charge in [-0.15, -0.1) is 0 Å². The van der Waals surface area contributed by atoms with Gasteiger partial charge in [0.1, 0.15) is 5.58 Å². The van der Waals surface area contributed by atoms with E-state index in [2.05, 4.69) is 5.43 Å². The number of carbonyl (C=O) groups excluding carboxylic acids is 1. The van der Waals surface area contributed by atoms with Crippen LogP contribution in [0, 0.1) is 0 Å². The van der Waals surface area contributed by atoms with Gasteiger partial charge in [0.05, 0.1) is 6.26 Å². The first-order valence-corrected chi connectivity index (χ1v) is 3.79. The van der Waals surface area contributed by atoms with Crippen molar-refractivity contribution in [1.29, 1.82) is 0 Å². The molecule has 13 heavy (non-hydrogen) atoms. The van der Waals surface area contributed by atoms with Gasteiger partial charge in [-0.25, -0.2) is 5.84 Å². The Bertz CT molecular complexity index is 448. The van der Waals surface area contributed by atoms with Gasteiger partial charge in [0.2, 0.25) is 0 Å². The molecule has 1 heterocycles. The molecule has 0 fully saturated rings. The molecule has 4 heteroatoms. The SMILES string of the molecule is NNC(=O)c1ccc2ccoc2c1. The molecule has 0 unspecified atom stereocenters. The highest BCUT2D eigenvalue weighted by atomic mass is 16.3. The van der Waals surface area contributed by atoms with Crippen molar-refractivity contribution in [2.24, 2.45) is 5.84 Å². The van der Waals surface area contributed by atoms with Gasteiger partial charge in [0.25, 0.3) is 5.91 Å². The average molecular weight is 176 g/mol. The molecule has 0 atom stereocenters. The molecule has 0 radical (unpaired) electrons. The number of nitrogen functional groups attached to an aromatic ring is 1. The van der Waals surface area contributed by atoms with Gasteiger partial charge in [0, 0.05) is 10.9 Å². The fourth-order valence-electron chi connectivity index (χ4n) is 1.18. The third kappa shape index (κ3) is 1.27. The van der Waals surface area contributed by atoms with Crippen molar-refractivity contribution in [2.45, 2.75) is 0 Å². The first-order chi connectivity index (χ1) is 6.31. The molecular weight excluding hydrogens is 168 g/mol. The van der Waals surface area contributed by atoms with E-state index in [1.165, 1.54) is 0 Å². The standard InChI is InChI=1S/C9H8N2O2/c10-11-9(12)7-2-1-6-3-4-13-8(6)5-7/h1-5H,10H2,(H,11,12). The van der Waals surface area contributed by atoms with Gasteiger partial charge >= 0.3 is 0 Å². The van der Waals surface area contributed by atoms with Gasteiger partial charge in [0.15, 0.2) is 0 Å². The van der Waals surface area contributed by atoms with Gasteiger partial charge in [-0.05, 0) is 18.2 Å². The van der Waals surface area contributed by atoms with Crippen LogP contribution < -0.4 is 11.3 Å². The number of hydrogen-bond donors (Lipinski definition) is 2. The minimum absolute atomic E-state index is 0.321. The minimum atomic E-state index is -0.321. The van der Waals surface area contributed by atoms with Crippen molar-refractivity contribution >= 4 is 16.9 Å². The molecule has 0 saturated heterocycles. The molecule has 0 spiro atoms. The Hall–Kier alpha value is -1.81. The summed E-state index contributed by atoms with van der Waals surface area (Å²) < 4.78 is 5.13. The Morgan fingerprint density at radius 2 is 2.23 bits per heavy atom. The van der Waals surface area contributed by atoms with Crippen LogP contribution >= 0.6 is 0 Å². The zero-order valence-electron chi connectivity index (χ0n) is 6.78. The number of hydrazine groups is 1. The summed E-state index contributed by atoms with van der Waals surface area (Å²) in [6, 6.07) is 6.99. The summed E-state index contributed by atoms with van der Waals surface area (Å²) >= 11 is 0. The lowest BCUT2D eigenvalue weighted by Crippen LogP contribution is -2.29. The number of nitrogens with two attached hydrogens (primary N) is 1. The maximum absolute atomic E-state index is 11.1. The molecule has 0 bridgehead atoms. The Balaban J connectivity index is 2.54. The number of benzene rings is 1. The molecule has 3 N–H and O–H groups in total. The molecular formula is C9H8N2O2. The van der Waals surface area contributed by atoms with Gasteiger partial charge in [-0.1, -0.05) is 6.07 Å². The maximum Gasteiger partial charge on any atom is 0.265 e. The largest absolute Gasteiger partial charge is 0.464 e. The van der Waals surface area contributed by atoms with E-state index in [0.29, 0.717) is 11.1 Å². The van der Waals surface area contributed by atoms with Crippen molar-refractivity contribution in [3.63, 3.8) is 0 Å². The molecule has 2 rings (SSSR count). The first kappa shape index (κ1) is 7.82. The molecule has 1 amide bonds. The van der Waals surface area contributed by atoms with Crippen LogP contribution in [0.2, 0.25) is 0 Å². The van der Waals surface area contributed by atoms with Gasteiger partial charge < -0.3 is 4.42 Å². The lowest BCUT2D eigenvalue weighted by Gasteiger charge is -1.97. The number of fused-ring (bicyclic) bond motifs is 1. The third-order valence-corrected chi connectivity index (χ3v) is 1.85. The summed E-state index contributed by atoms with van der Waals surface area (Å²) in [5, 5.41) is 0.966. The maximum atomic E-state index is 11.1. The Kier molecular flexibility index (Phi) is 1.75. The number of furan rings is 1. The van der Waals surface area contributed by atoms with Crippen LogP contribution in [0.3, 0.4) is 0 Å². The van der Waals surface area contributed by atoms with E-state index < -0.39 is 0 Å². The normalized spacial score (nSPS) is 10.2. The Labute approximate surface area is 74.3 Å². The molecule has 2 aromatic rings. The number of rotatable bonds is 1. The smallest absolute Gasteiger partial charge is 0.265 e. The lowest BCUT2D eigenvalue weighted by molar-refractivity contribution is 0.0953. The topological polar surface area (TPSA) is 68.3 Å². The highest BCUT2D eigenvalue weighted by Gasteiger charge is 2.04. The quantitative estimate of drug-likeness (QED) is 0.387. The molecule has 0 aliphatic heterocycles.